The van der Waals surface area contributed by atoms with Crippen LogP contribution in [0.15, 0.2) is 146 Å². The van der Waals surface area contributed by atoms with Gasteiger partial charge in [-0.2, -0.15) is 0 Å². The highest BCUT2D eigenvalue weighted by molar-refractivity contribution is 6.07. The van der Waals surface area contributed by atoms with Crippen molar-refractivity contribution < 1.29 is 72.9 Å². The molecule has 726 valence electrons. The second-order valence-electron chi connectivity index (χ2n) is 35.5. The minimum Gasteiger partial charge on any atom is -0.390 e. The molecular weight excluding hydrogens is 1680 g/mol. The van der Waals surface area contributed by atoms with Crippen molar-refractivity contribution in [3.63, 3.8) is 0 Å². The smallest absolute Gasteiger partial charge is 0.253 e. The molecule has 6 unspecified atom stereocenters. The Morgan fingerprint density at radius 1 is 0.311 bits per heavy atom. The fourth-order valence-corrected chi connectivity index (χ4v) is 14.6. The van der Waals surface area contributed by atoms with Gasteiger partial charge in [0.1, 0.15) is 0 Å². The fraction of sp³-hybridized carbons (Fsp3) is 0.529. The molecule has 0 radical (unpaired) electrons. The van der Waals surface area contributed by atoms with Crippen LogP contribution in [0.4, 0.5) is 0 Å². The number of unbranched alkanes of at least 4 members (excludes halogenated alkanes) is 1. The largest absolute Gasteiger partial charge is 0.390 e. The van der Waals surface area contributed by atoms with Gasteiger partial charge in [-0.3, -0.25) is 73.8 Å². The fourth-order valence-electron chi connectivity index (χ4n) is 14.6. The topological polar surface area (TPSA) is 367 Å². The standard InChI is InChI=1S/C35H53N5O5.C34H51N5O5.C33H49N5O5/c1-8-11-19-40(37-32(42)25(4)5)24-31(41)30(20-26-15-13-12-14-16-26)36-33(43)27-21-28(34(44)38(6)7)23-29(22-27)35(45)39(17-9-2)18-10-3;1-8-16-38(17-9-2)34(44)28-21-26(20-27(22-28)33(43)37(6)7)32(42)35-29(19-25-14-12-11-13-15-25)30(40)23-39(10-3)36-31(41)18-24(4)5;1-8-15-38(16-9-2)33(43)27-20-25(19-26(21-27)32(42)36(5)6)31(41)34-28(18-24-13-11-10-12-14-24)29(39)22-37(7)35-30(40)17-23(3)4/h12-16,21-23,25,30-31,41H,8-11,17-20,24H2,1-7H3,(H,36,43)(H,37,42);11-15,20-22,24,29-30,40H,8-10,16-19,23H2,1-7H3,(H,35,42)(H,36,41);10-14,19-21,23,28-29,39H,8-9,15-18,22H2,1-7H3,(H,34,41)(H,35,40). The first-order valence-corrected chi connectivity index (χ1v) is 46.8. The number of hydrazine groups is 3. The molecule has 9 N–H and O–H groups in total. The molecule has 0 aliphatic heterocycles. The van der Waals surface area contributed by atoms with E-state index < -0.39 is 54.2 Å². The van der Waals surface area contributed by atoms with Crippen LogP contribution >= 0.6 is 0 Å². The number of likely N-dealkylation sites (N-methyl/N-ethyl adjacent to an activating group) is 2. The summed E-state index contributed by atoms with van der Waals surface area (Å²) in [5.74, 6) is -3.58. The zero-order chi connectivity index (χ0) is 98.4. The molecule has 12 amide bonds. The van der Waals surface area contributed by atoms with E-state index in [0.29, 0.717) is 84.5 Å². The molecule has 0 aromatic heterocycles. The van der Waals surface area contributed by atoms with Crippen LogP contribution in [0.25, 0.3) is 0 Å². The monoisotopic (exact) mass is 1830 g/mol. The maximum absolute atomic E-state index is 13.9. The molecule has 132 heavy (non-hydrogen) atoms. The summed E-state index contributed by atoms with van der Waals surface area (Å²) >= 11 is 0. The van der Waals surface area contributed by atoms with Crippen molar-refractivity contribution in [1.29, 1.82) is 0 Å². The van der Waals surface area contributed by atoms with E-state index in [1.165, 1.54) is 68.2 Å². The van der Waals surface area contributed by atoms with Gasteiger partial charge in [0.15, 0.2) is 0 Å². The number of aliphatic hydroxyl groups excluding tert-OH is 3. The van der Waals surface area contributed by atoms with Gasteiger partial charge in [0, 0.05) is 190 Å². The summed E-state index contributed by atoms with van der Waals surface area (Å²) in [6.07, 6.45) is 4.94. The second kappa shape index (κ2) is 59.3. The van der Waals surface area contributed by atoms with Gasteiger partial charge in [0.2, 0.25) is 17.7 Å². The number of nitrogens with one attached hydrogen (secondary N) is 6. The van der Waals surface area contributed by atoms with Gasteiger partial charge in [-0.25, -0.2) is 15.0 Å². The first-order chi connectivity index (χ1) is 62.7. The first kappa shape index (κ1) is 113. The van der Waals surface area contributed by atoms with Crippen molar-refractivity contribution in [1.82, 2.24) is 76.7 Å². The van der Waals surface area contributed by atoms with Crippen molar-refractivity contribution >= 4 is 70.9 Å². The molecule has 6 aromatic rings. The third-order valence-corrected chi connectivity index (χ3v) is 21.4. The molecule has 0 bridgehead atoms. The SMILES string of the molecule is CCCCN(CC(O)C(Cc1ccccc1)NC(=O)c1cc(C(=O)N(C)C)cc(C(=O)N(CCC)CCC)c1)NC(=O)C(C)C.CCCN(CCC)C(=O)c1cc(C(=O)NC(Cc2ccccc2)C(O)CN(C)NC(=O)CC(C)C)cc(C(=O)N(C)C)c1.CCCN(CCC)C(=O)c1cc(C(=O)NC(Cc2ccccc2)C(O)CN(CC)NC(=O)CC(C)C)cc(C(=O)N(C)C)c1. The summed E-state index contributed by atoms with van der Waals surface area (Å²) in [6.45, 7) is 31.9. The van der Waals surface area contributed by atoms with E-state index in [9.17, 15) is 72.9 Å². The lowest BCUT2D eigenvalue weighted by molar-refractivity contribution is -0.130. The Labute approximate surface area is 784 Å². The van der Waals surface area contributed by atoms with Crippen molar-refractivity contribution in [2.75, 3.05) is 121 Å². The van der Waals surface area contributed by atoms with E-state index in [4.69, 9.17) is 0 Å². The number of hydrogen-bond donors (Lipinski definition) is 9. The first-order valence-electron chi connectivity index (χ1n) is 46.8. The summed E-state index contributed by atoms with van der Waals surface area (Å²) < 4.78 is 0. The molecule has 6 atom stereocenters. The zero-order valence-electron chi connectivity index (χ0n) is 82.3. The van der Waals surface area contributed by atoms with E-state index >= 15 is 0 Å². The third-order valence-electron chi connectivity index (χ3n) is 21.4. The third kappa shape index (κ3) is 39.3. The predicted octanol–water partition coefficient (Wildman–Crippen LogP) is 11.3. The van der Waals surface area contributed by atoms with Crippen molar-refractivity contribution in [3.05, 3.63) is 212 Å². The van der Waals surface area contributed by atoms with Gasteiger partial charge < -0.3 is 60.7 Å². The Balaban J connectivity index is 0.000000414. The summed E-state index contributed by atoms with van der Waals surface area (Å²) in [7, 11) is 11.3. The maximum Gasteiger partial charge on any atom is 0.253 e. The average molecular weight is 1830 g/mol. The van der Waals surface area contributed by atoms with Crippen LogP contribution in [0, 0.1) is 17.8 Å². The Hall–Kier alpha value is -11.3. The van der Waals surface area contributed by atoms with Gasteiger partial charge in [-0.1, -0.05) is 194 Å². The number of benzene rings is 6. The van der Waals surface area contributed by atoms with Crippen LogP contribution in [0.2, 0.25) is 0 Å². The molecule has 30 nitrogen and oxygen atoms in total. The molecule has 6 rings (SSSR count). The Morgan fingerprint density at radius 2 is 0.576 bits per heavy atom. The molecule has 0 saturated heterocycles. The Kier molecular flexibility index (Phi) is 50.8. The van der Waals surface area contributed by atoms with Gasteiger partial charge in [-0.05, 0) is 147 Å². The van der Waals surface area contributed by atoms with Crippen LogP contribution in [0.3, 0.4) is 0 Å². The van der Waals surface area contributed by atoms with Crippen LogP contribution in [-0.2, 0) is 33.6 Å². The summed E-state index contributed by atoms with van der Waals surface area (Å²) in [4.78, 5) is 167. The van der Waals surface area contributed by atoms with Gasteiger partial charge in [0.25, 0.3) is 53.2 Å². The van der Waals surface area contributed by atoms with Gasteiger partial charge in [0.05, 0.1) is 36.4 Å². The summed E-state index contributed by atoms with van der Waals surface area (Å²) in [5.41, 5.74) is 13.1. The van der Waals surface area contributed by atoms with E-state index in [1.807, 2.05) is 167 Å². The van der Waals surface area contributed by atoms with Crippen LogP contribution in [0.1, 0.15) is 271 Å². The normalized spacial score (nSPS) is 12.5. The number of nitrogens with zero attached hydrogens (tertiary/aromatic N) is 9. The lowest BCUT2D eigenvalue weighted by Crippen LogP contribution is -2.54. The maximum atomic E-state index is 13.9. The number of rotatable bonds is 51. The summed E-state index contributed by atoms with van der Waals surface area (Å²) in [5, 5.41) is 47.9. The minimum absolute atomic E-state index is 0.0630. The molecule has 0 aliphatic carbocycles. The van der Waals surface area contributed by atoms with Crippen LogP contribution in [0.5, 0.6) is 0 Å². The highest BCUT2D eigenvalue weighted by Crippen LogP contribution is 2.23. The summed E-state index contributed by atoms with van der Waals surface area (Å²) in [6, 6.07) is 39.9. The quantitative estimate of drug-likeness (QED) is 0.0160. The molecule has 0 spiro atoms. The molecule has 0 heterocycles. The number of amides is 12. The second-order valence-corrected chi connectivity index (χ2v) is 35.5. The van der Waals surface area contributed by atoms with Crippen LogP contribution in [-0.4, -0.2) is 288 Å². The van der Waals surface area contributed by atoms with E-state index in [0.717, 1.165) is 68.1 Å². The van der Waals surface area contributed by atoms with Crippen molar-refractivity contribution in [2.45, 2.75) is 217 Å². The lowest BCUT2D eigenvalue weighted by atomic mass is 9.99. The van der Waals surface area contributed by atoms with E-state index in [1.54, 1.807) is 94.0 Å². The molecule has 0 aliphatic rings. The van der Waals surface area contributed by atoms with E-state index in [2.05, 4.69) is 39.2 Å². The highest BCUT2D eigenvalue weighted by Gasteiger charge is 2.33. The highest BCUT2D eigenvalue weighted by atomic mass is 16.3. The van der Waals surface area contributed by atoms with Gasteiger partial charge in [-0.15, -0.1) is 0 Å². The zero-order valence-corrected chi connectivity index (χ0v) is 82.3. The molecular formula is C102H153N15O15. The number of aliphatic hydroxyl groups is 3. The Bertz CT molecular complexity index is 4590. The van der Waals surface area contributed by atoms with Crippen molar-refractivity contribution in [3.8, 4) is 0 Å². The molecule has 0 fully saturated rings. The molecule has 0 saturated carbocycles. The average Bonchev–Trinajstić information content (AvgIpc) is 0.815. The molecule has 6 aromatic carbocycles. The molecule has 30 heteroatoms. The minimum atomic E-state index is -1.05. The number of carbonyl (C=O) groups excluding carboxylic acids is 12. The van der Waals surface area contributed by atoms with Crippen molar-refractivity contribution in [2.24, 2.45) is 17.8 Å². The van der Waals surface area contributed by atoms with Gasteiger partial charge >= 0.3 is 0 Å². The number of hydrogen-bond acceptors (Lipinski definition) is 18. The lowest BCUT2D eigenvalue weighted by Gasteiger charge is -2.31. The van der Waals surface area contributed by atoms with Crippen LogP contribution < -0.4 is 32.2 Å². The number of carbonyl (C=O) groups is 12. The van der Waals surface area contributed by atoms with E-state index in [-0.39, 0.29) is 141 Å². The predicted molar refractivity (Wildman–Crippen MR) is 520 cm³/mol. The Morgan fingerprint density at radius 3 is 0.833 bits per heavy atom.